The fraction of sp³-hybridized carbons (Fsp3) is 0.143. The summed E-state index contributed by atoms with van der Waals surface area (Å²) in [6.07, 6.45) is -0.584. The van der Waals surface area contributed by atoms with E-state index in [0.29, 0.717) is 10.6 Å². The average Bonchev–Trinajstić information content (AvgIpc) is 3.18. The van der Waals surface area contributed by atoms with E-state index in [1.165, 1.54) is 27.8 Å². The predicted octanol–water partition coefficient (Wildman–Crippen LogP) is 5.12. The highest BCUT2D eigenvalue weighted by Crippen LogP contribution is 2.44. The zero-order chi connectivity index (χ0) is 19.0. The molecule has 1 amide bonds. The number of carboxylic acids is 1. The summed E-state index contributed by atoms with van der Waals surface area (Å²) < 4.78 is 5.48. The van der Waals surface area contributed by atoms with Gasteiger partial charge in [-0.1, -0.05) is 48.5 Å². The quantitative estimate of drug-likeness (QED) is 0.660. The van der Waals surface area contributed by atoms with Crippen molar-refractivity contribution in [1.29, 1.82) is 0 Å². The zero-order valence-electron chi connectivity index (χ0n) is 14.6. The normalized spacial score (nSPS) is 12.3. The van der Waals surface area contributed by atoms with Gasteiger partial charge in [0, 0.05) is 11.3 Å². The Morgan fingerprint density at radius 1 is 1.07 bits per heavy atom. The van der Waals surface area contributed by atoms with E-state index in [9.17, 15) is 9.59 Å². The number of ether oxygens (including phenoxy) is 1. The Morgan fingerprint density at radius 2 is 1.67 bits per heavy atom. The fourth-order valence-corrected chi connectivity index (χ4v) is 4.42. The molecule has 0 saturated heterocycles. The topological polar surface area (TPSA) is 75.6 Å². The van der Waals surface area contributed by atoms with Crippen LogP contribution >= 0.6 is 11.3 Å². The molecular weight excluding hydrogens is 362 g/mol. The highest BCUT2D eigenvalue weighted by atomic mass is 32.1. The van der Waals surface area contributed by atoms with E-state index in [2.05, 4.69) is 29.6 Å². The zero-order valence-corrected chi connectivity index (χ0v) is 15.4. The molecule has 0 fully saturated rings. The molecule has 0 atom stereocenters. The highest BCUT2D eigenvalue weighted by molar-refractivity contribution is 7.14. The number of benzene rings is 2. The first-order valence-corrected chi connectivity index (χ1v) is 9.37. The number of hydrogen-bond donors (Lipinski definition) is 2. The van der Waals surface area contributed by atoms with Gasteiger partial charge in [-0.3, -0.25) is 5.32 Å². The van der Waals surface area contributed by atoms with Gasteiger partial charge >= 0.3 is 12.1 Å². The summed E-state index contributed by atoms with van der Waals surface area (Å²) in [5, 5.41) is 13.8. The molecule has 0 saturated carbocycles. The monoisotopic (exact) mass is 379 g/mol. The molecule has 2 aromatic carbocycles. The molecule has 0 bridgehead atoms. The van der Waals surface area contributed by atoms with Gasteiger partial charge in [0.25, 0.3) is 0 Å². The van der Waals surface area contributed by atoms with E-state index in [0.717, 1.165) is 11.1 Å². The molecular formula is C21H17NO4S. The molecule has 0 spiro atoms. The van der Waals surface area contributed by atoms with Gasteiger partial charge in [-0.25, -0.2) is 9.59 Å². The first-order chi connectivity index (χ1) is 13.1. The molecule has 6 heteroatoms. The number of rotatable bonds is 4. The fourth-order valence-electron chi connectivity index (χ4n) is 3.48. The maximum Gasteiger partial charge on any atom is 0.412 e. The largest absolute Gasteiger partial charge is 0.478 e. The summed E-state index contributed by atoms with van der Waals surface area (Å²) in [5.41, 5.74) is 5.35. The van der Waals surface area contributed by atoms with Gasteiger partial charge < -0.3 is 9.84 Å². The van der Waals surface area contributed by atoms with Crippen molar-refractivity contribution in [2.75, 3.05) is 11.9 Å². The van der Waals surface area contributed by atoms with Crippen LogP contribution in [0.5, 0.6) is 0 Å². The Bertz CT molecular complexity index is 995. The number of amides is 1. The Labute approximate surface area is 160 Å². The molecule has 0 radical (unpaired) electrons. The van der Waals surface area contributed by atoms with Crippen molar-refractivity contribution in [3.63, 3.8) is 0 Å². The Balaban J connectivity index is 1.49. The number of carboxylic acid groups (broad SMARTS) is 1. The molecule has 2 N–H and O–H groups in total. The van der Waals surface area contributed by atoms with Crippen LogP contribution in [0.3, 0.4) is 0 Å². The van der Waals surface area contributed by atoms with Crippen LogP contribution in [0.25, 0.3) is 11.1 Å². The second-order valence-corrected chi connectivity index (χ2v) is 7.24. The Hall–Kier alpha value is -3.12. The first-order valence-electron chi connectivity index (χ1n) is 8.49. The molecule has 1 aliphatic rings. The molecule has 5 nitrogen and oxygen atoms in total. The van der Waals surface area contributed by atoms with Crippen molar-refractivity contribution in [3.05, 3.63) is 76.2 Å². The van der Waals surface area contributed by atoms with Crippen LogP contribution in [0.2, 0.25) is 0 Å². The number of carbonyl (C=O) groups excluding carboxylic acids is 1. The van der Waals surface area contributed by atoms with Crippen LogP contribution in [0.15, 0.2) is 53.9 Å². The van der Waals surface area contributed by atoms with E-state index in [-0.39, 0.29) is 18.1 Å². The summed E-state index contributed by atoms with van der Waals surface area (Å²) in [5.74, 6) is -1.02. The van der Waals surface area contributed by atoms with Crippen molar-refractivity contribution in [1.82, 2.24) is 0 Å². The minimum atomic E-state index is -1.01. The van der Waals surface area contributed by atoms with E-state index < -0.39 is 12.1 Å². The lowest BCUT2D eigenvalue weighted by Crippen LogP contribution is -2.17. The molecule has 0 aliphatic heterocycles. The van der Waals surface area contributed by atoms with Crippen molar-refractivity contribution >= 4 is 28.4 Å². The number of hydrogen-bond acceptors (Lipinski definition) is 4. The van der Waals surface area contributed by atoms with Gasteiger partial charge in [-0.2, -0.15) is 0 Å². The predicted molar refractivity (Wildman–Crippen MR) is 105 cm³/mol. The average molecular weight is 379 g/mol. The van der Waals surface area contributed by atoms with E-state index in [1.807, 2.05) is 24.3 Å². The Kier molecular flexibility index (Phi) is 4.41. The van der Waals surface area contributed by atoms with Gasteiger partial charge in [0.1, 0.15) is 11.6 Å². The van der Waals surface area contributed by atoms with Gasteiger partial charge in [-0.05, 0) is 34.7 Å². The van der Waals surface area contributed by atoms with Gasteiger partial charge in [-0.15, -0.1) is 11.3 Å². The molecule has 27 heavy (non-hydrogen) atoms. The summed E-state index contributed by atoms with van der Waals surface area (Å²) in [4.78, 5) is 23.4. The van der Waals surface area contributed by atoms with Crippen molar-refractivity contribution < 1.29 is 19.4 Å². The van der Waals surface area contributed by atoms with Gasteiger partial charge in [0.15, 0.2) is 0 Å². The molecule has 1 aromatic heterocycles. The lowest BCUT2D eigenvalue weighted by Gasteiger charge is -2.14. The molecule has 4 rings (SSSR count). The molecule has 3 aromatic rings. The lowest BCUT2D eigenvalue weighted by molar-refractivity contribution is 0.0696. The standard InChI is InChI=1S/C21H17NO4S/c1-12-18(20(23)24)11-27-19(12)22-21(25)26-10-17-15-8-4-2-6-13(15)14-7-3-5-9-16(14)17/h2-9,11,17H,10H2,1H3,(H,22,25)(H,23,24). The van der Waals surface area contributed by atoms with Crippen LogP contribution in [-0.4, -0.2) is 23.8 Å². The third-order valence-corrected chi connectivity index (χ3v) is 5.83. The number of fused-ring (bicyclic) bond motifs is 3. The minimum Gasteiger partial charge on any atom is -0.478 e. The molecule has 1 heterocycles. The smallest absolute Gasteiger partial charge is 0.412 e. The maximum atomic E-state index is 12.3. The van der Waals surface area contributed by atoms with Gasteiger partial charge in [0.2, 0.25) is 0 Å². The van der Waals surface area contributed by atoms with Crippen LogP contribution in [-0.2, 0) is 4.74 Å². The van der Waals surface area contributed by atoms with Crippen LogP contribution in [0, 0.1) is 6.92 Å². The maximum absolute atomic E-state index is 12.3. The number of carbonyl (C=O) groups is 2. The summed E-state index contributed by atoms with van der Waals surface area (Å²) in [7, 11) is 0. The summed E-state index contributed by atoms with van der Waals surface area (Å²) >= 11 is 1.18. The molecule has 1 aliphatic carbocycles. The summed E-state index contributed by atoms with van der Waals surface area (Å²) in [6.45, 7) is 1.88. The summed E-state index contributed by atoms with van der Waals surface area (Å²) in [6, 6.07) is 16.3. The third-order valence-electron chi connectivity index (χ3n) is 4.83. The van der Waals surface area contributed by atoms with E-state index in [4.69, 9.17) is 9.84 Å². The third kappa shape index (κ3) is 3.08. The van der Waals surface area contributed by atoms with E-state index >= 15 is 0 Å². The SMILES string of the molecule is Cc1c(C(=O)O)csc1NC(=O)OCC1c2ccccc2-c2ccccc21. The second kappa shape index (κ2) is 6.89. The number of anilines is 1. The molecule has 136 valence electrons. The number of nitrogens with one attached hydrogen (secondary N) is 1. The highest BCUT2D eigenvalue weighted by Gasteiger charge is 2.29. The lowest BCUT2D eigenvalue weighted by atomic mass is 9.98. The molecule has 0 unspecified atom stereocenters. The number of thiophene rings is 1. The van der Waals surface area contributed by atoms with Crippen molar-refractivity contribution in [2.45, 2.75) is 12.8 Å². The van der Waals surface area contributed by atoms with Crippen LogP contribution in [0.1, 0.15) is 33.0 Å². The first kappa shape index (κ1) is 17.3. The van der Waals surface area contributed by atoms with Gasteiger partial charge in [0.05, 0.1) is 5.56 Å². The minimum absolute atomic E-state index is 0.0119. The Morgan fingerprint density at radius 3 is 2.22 bits per heavy atom. The van der Waals surface area contributed by atoms with Crippen LogP contribution < -0.4 is 5.32 Å². The van der Waals surface area contributed by atoms with Crippen molar-refractivity contribution in [2.24, 2.45) is 0 Å². The van der Waals surface area contributed by atoms with Crippen LogP contribution in [0.4, 0.5) is 9.80 Å². The van der Waals surface area contributed by atoms with E-state index in [1.54, 1.807) is 6.92 Å². The van der Waals surface area contributed by atoms with Crippen molar-refractivity contribution in [3.8, 4) is 11.1 Å². The second-order valence-electron chi connectivity index (χ2n) is 6.36. The number of aromatic carboxylic acids is 1.